The first-order chi connectivity index (χ1) is 15.2. The van der Waals surface area contributed by atoms with E-state index in [1.54, 1.807) is 0 Å². The fourth-order valence-corrected chi connectivity index (χ4v) is 4.04. The van der Waals surface area contributed by atoms with Crippen LogP contribution in [0.2, 0.25) is 0 Å². The molecule has 0 spiro atoms. The summed E-state index contributed by atoms with van der Waals surface area (Å²) >= 11 is 0. The number of rotatable bonds is 5. The molecule has 3 aromatic carbocycles. The molecule has 0 unspecified atom stereocenters. The van der Waals surface area contributed by atoms with Crippen LogP contribution in [0.25, 0.3) is 0 Å². The molecule has 156 valence electrons. The summed E-state index contributed by atoms with van der Waals surface area (Å²) < 4.78 is 0. The zero-order chi connectivity index (χ0) is 21.6. The summed E-state index contributed by atoms with van der Waals surface area (Å²) in [5.41, 5.74) is 4.41. The lowest BCUT2D eigenvalue weighted by atomic mass is 10.0. The van der Waals surface area contributed by atoms with Crippen molar-refractivity contribution in [1.29, 1.82) is 5.26 Å². The van der Waals surface area contributed by atoms with Gasteiger partial charge in [0.1, 0.15) is 0 Å². The number of hydrogen-bond donors (Lipinski definition) is 1. The van der Waals surface area contributed by atoms with Crippen LogP contribution >= 0.6 is 0 Å². The van der Waals surface area contributed by atoms with E-state index in [4.69, 9.17) is 5.26 Å². The van der Waals surface area contributed by atoms with Crippen LogP contribution in [0.4, 0.5) is 17.1 Å². The number of carbonyl (C=O) groups is 1. The molecule has 5 heteroatoms. The molecule has 1 saturated heterocycles. The zero-order valence-corrected chi connectivity index (χ0v) is 17.7. The number of nitriles is 1. The zero-order valence-electron chi connectivity index (χ0n) is 17.7. The summed E-state index contributed by atoms with van der Waals surface area (Å²) in [4.78, 5) is 17.5. The highest BCUT2D eigenvalue weighted by Gasteiger charge is 2.23. The molecular formula is C26H26N4O. The van der Waals surface area contributed by atoms with Gasteiger partial charge in [0.15, 0.2) is 0 Å². The molecule has 1 aliphatic rings. The number of benzene rings is 3. The molecule has 1 fully saturated rings. The second-order valence-corrected chi connectivity index (χ2v) is 7.81. The Kier molecular flexibility index (Phi) is 6.18. The van der Waals surface area contributed by atoms with E-state index in [2.05, 4.69) is 16.3 Å². The molecule has 0 aliphatic carbocycles. The van der Waals surface area contributed by atoms with Gasteiger partial charge in [-0.2, -0.15) is 5.26 Å². The summed E-state index contributed by atoms with van der Waals surface area (Å²) in [7, 11) is 1.98. The molecule has 3 aromatic rings. The molecule has 1 heterocycles. The Morgan fingerprint density at radius 2 is 1.61 bits per heavy atom. The maximum absolute atomic E-state index is 13.1. The molecule has 4 rings (SSSR count). The van der Waals surface area contributed by atoms with Crippen LogP contribution < -0.4 is 15.1 Å². The van der Waals surface area contributed by atoms with E-state index >= 15 is 0 Å². The van der Waals surface area contributed by atoms with Crippen LogP contribution in [0.5, 0.6) is 0 Å². The van der Waals surface area contributed by atoms with Crippen LogP contribution in [0.1, 0.15) is 28.8 Å². The lowest BCUT2D eigenvalue weighted by molar-refractivity contribution is 0.0931. The Hall–Kier alpha value is -3.78. The number of nitrogens with one attached hydrogen (secondary N) is 1. The molecule has 0 saturated carbocycles. The van der Waals surface area contributed by atoms with Gasteiger partial charge in [-0.1, -0.05) is 30.3 Å². The first-order valence-corrected chi connectivity index (χ1v) is 10.6. The molecular weight excluding hydrogens is 384 g/mol. The third-order valence-corrected chi connectivity index (χ3v) is 5.85. The van der Waals surface area contributed by atoms with E-state index in [9.17, 15) is 4.79 Å². The summed E-state index contributed by atoms with van der Waals surface area (Å²) in [6.07, 6.45) is 1.78. The second kappa shape index (κ2) is 9.36. The lowest BCUT2D eigenvalue weighted by Crippen LogP contribution is -2.44. The average Bonchev–Trinajstić information content (AvgIpc) is 2.84. The molecule has 0 aromatic heterocycles. The summed E-state index contributed by atoms with van der Waals surface area (Å²) in [6, 6.07) is 27.8. The normalized spacial score (nSPS) is 14.0. The minimum absolute atomic E-state index is 0.0322. The van der Waals surface area contributed by atoms with Gasteiger partial charge in [-0.15, -0.1) is 0 Å². The maximum atomic E-state index is 13.1. The van der Waals surface area contributed by atoms with Crippen molar-refractivity contribution in [2.75, 3.05) is 29.9 Å². The fraction of sp³-hybridized carbons (Fsp3) is 0.231. The quantitative estimate of drug-likeness (QED) is 0.661. The Morgan fingerprint density at radius 1 is 0.968 bits per heavy atom. The number of nitrogens with zero attached hydrogens (tertiary/aromatic N) is 3. The second-order valence-electron chi connectivity index (χ2n) is 7.81. The summed E-state index contributed by atoms with van der Waals surface area (Å²) in [6.45, 7) is 1.75. The van der Waals surface area contributed by atoms with Crippen molar-refractivity contribution < 1.29 is 4.79 Å². The van der Waals surface area contributed by atoms with Crippen molar-refractivity contribution in [2.24, 2.45) is 0 Å². The smallest absolute Gasteiger partial charge is 0.253 e. The topological polar surface area (TPSA) is 59.4 Å². The highest BCUT2D eigenvalue weighted by atomic mass is 16.1. The predicted molar refractivity (Wildman–Crippen MR) is 125 cm³/mol. The van der Waals surface area contributed by atoms with Gasteiger partial charge in [-0.25, -0.2) is 0 Å². The number of amides is 1. The fourth-order valence-electron chi connectivity index (χ4n) is 4.04. The molecule has 1 aliphatic heterocycles. The Labute approximate surface area is 183 Å². The van der Waals surface area contributed by atoms with Gasteiger partial charge in [0.05, 0.1) is 22.9 Å². The van der Waals surface area contributed by atoms with Crippen molar-refractivity contribution in [1.82, 2.24) is 5.32 Å². The van der Waals surface area contributed by atoms with E-state index in [-0.39, 0.29) is 11.9 Å². The average molecular weight is 411 g/mol. The Morgan fingerprint density at radius 3 is 2.29 bits per heavy atom. The van der Waals surface area contributed by atoms with Gasteiger partial charge in [0.25, 0.3) is 5.91 Å². The number of anilines is 3. The van der Waals surface area contributed by atoms with Crippen molar-refractivity contribution in [3.63, 3.8) is 0 Å². The Balaban J connectivity index is 1.40. The summed E-state index contributed by atoms with van der Waals surface area (Å²) in [5, 5.41) is 12.2. The van der Waals surface area contributed by atoms with Gasteiger partial charge in [-0.05, 0) is 61.4 Å². The van der Waals surface area contributed by atoms with Crippen LogP contribution in [0.15, 0.2) is 78.9 Å². The van der Waals surface area contributed by atoms with Gasteiger partial charge < -0.3 is 15.1 Å². The molecule has 0 radical (unpaired) electrons. The molecule has 0 atom stereocenters. The molecule has 1 N–H and O–H groups in total. The van der Waals surface area contributed by atoms with Crippen LogP contribution in [0, 0.1) is 11.3 Å². The van der Waals surface area contributed by atoms with Crippen LogP contribution in [0.3, 0.4) is 0 Å². The summed E-state index contributed by atoms with van der Waals surface area (Å²) in [5.74, 6) is -0.0322. The first-order valence-electron chi connectivity index (χ1n) is 10.6. The third kappa shape index (κ3) is 4.70. The van der Waals surface area contributed by atoms with Crippen LogP contribution in [-0.4, -0.2) is 32.1 Å². The van der Waals surface area contributed by atoms with Crippen molar-refractivity contribution in [3.05, 3.63) is 90.0 Å². The molecule has 0 bridgehead atoms. The van der Waals surface area contributed by atoms with Crippen LogP contribution in [-0.2, 0) is 0 Å². The number of hydrogen-bond acceptors (Lipinski definition) is 4. The van der Waals surface area contributed by atoms with Crippen molar-refractivity contribution in [3.8, 4) is 6.07 Å². The largest absolute Gasteiger partial charge is 0.371 e. The highest BCUT2D eigenvalue weighted by molar-refractivity contribution is 6.00. The predicted octanol–water partition coefficient (Wildman–Crippen LogP) is 4.72. The van der Waals surface area contributed by atoms with Gasteiger partial charge >= 0.3 is 0 Å². The van der Waals surface area contributed by atoms with Gasteiger partial charge in [0, 0.05) is 37.6 Å². The van der Waals surface area contributed by atoms with Crippen molar-refractivity contribution >= 4 is 23.0 Å². The molecule has 5 nitrogen and oxygen atoms in total. The standard InChI is InChI=1S/C26H26N4O/c1-29(22-7-3-2-4-8-22)25-10-6-5-9-24(25)26(31)28-21-15-17-30(18-16-21)23-13-11-20(19-27)12-14-23/h2-14,21H,15-18H2,1H3,(H,28,31). The number of piperidine rings is 1. The van der Waals surface area contributed by atoms with E-state index in [1.807, 2.05) is 90.8 Å². The SMILES string of the molecule is CN(c1ccccc1)c1ccccc1C(=O)NC1CCN(c2ccc(C#N)cc2)CC1. The highest BCUT2D eigenvalue weighted by Crippen LogP contribution is 2.27. The Bertz CT molecular complexity index is 1060. The van der Waals surface area contributed by atoms with Gasteiger partial charge in [0.2, 0.25) is 0 Å². The molecule has 31 heavy (non-hydrogen) atoms. The van der Waals surface area contributed by atoms with Gasteiger partial charge in [-0.3, -0.25) is 4.79 Å². The van der Waals surface area contributed by atoms with E-state index in [0.717, 1.165) is 43.0 Å². The third-order valence-electron chi connectivity index (χ3n) is 5.85. The van der Waals surface area contributed by atoms with E-state index < -0.39 is 0 Å². The maximum Gasteiger partial charge on any atom is 0.253 e. The first kappa shape index (κ1) is 20.5. The van der Waals surface area contributed by atoms with Crippen molar-refractivity contribution in [2.45, 2.75) is 18.9 Å². The van der Waals surface area contributed by atoms with E-state index in [0.29, 0.717) is 11.1 Å². The monoisotopic (exact) mass is 410 g/mol. The minimum Gasteiger partial charge on any atom is -0.371 e. The molecule has 1 amide bonds. The lowest BCUT2D eigenvalue weighted by Gasteiger charge is -2.34. The number of para-hydroxylation sites is 2. The minimum atomic E-state index is -0.0322. The van der Waals surface area contributed by atoms with E-state index in [1.165, 1.54) is 0 Å². The number of carbonyl (C=O) groups excluding carboxylic acids is 1.